The molecule has 5 heteroatoms. The predicted octanol–water partition coefficient (Wildman–Crippen LogP) is 5.26. The van der Waals surface area contributed by atoms with Crippen LogP contribution in [0.15, 0.2) is 72.1 Å². The van der Waals surface area contributed by atoms with E-state index in [0.717, 1.165) is 17.7 Å². The monoisotopic (exact) mass is 432 g/mol. The molecule has 0 bridgehead atoms. The minimum Gasteiger partial charge on any atom is -0.350 e. The number of hydrogen-bond acceptors (Lipinski definition) is 3. The van der Waals surface area contributed by atoms with Crippen molar-refractivity contribution in [3.05, 3.63) is 82.6 Å². The molecule has 2 N–H and O–H groups in total. The highest BCUT2D eigenvalue weighted by Crippen LogP contribution is 2.31. The van der Waals surface area contributed by atoms with Gasteiger partial charge in [-0.3, -0.25) is 9.59 Å². The Labute approximate surface area is 187 Å². The Morgan fingerprint density at radius 3 is 2.45 bits per heavy atom. The van der Waals surface area contributed by atoms with Crippen LogP contribution in [0, 0.1) is 0 Å². The Kier molecular flexibility index (Phi) is 6.52. The van der Waals surface area contributed by atoms with Crippen LogP contribution in [-0.4, -0.2) is 17.4 Å². The summed E-state index contributed by atoms with van der Waals surface area (Å²) in [6.45, 7) is 2.01. The summed E-state index contributed by atoms with van der Waals surface area (Å²) in [6, 6.07) is 22.9. The molecule has 0 aliphatic carbocycles. The number of nitrogens with one attached hydrogen (secondary N) is 2. The van der Waals surface area contributed by atoms with Gasteiger partial charge >= 0.3 is 0 Å². The second-order valence-corrected chi connectivity index (χ2v) is 9.35. The molecule has 0 radical (unpaired) electrons. The lowest BCUT2D eigenvalue weighted by molar-refractivity contribution is -0.123. The van der Waals surface area contributed by atoms with E-state index in [1.54, 1.807) is 11.3 Å². The van der Waals surface area contributed by atoms with Crippen LogP contribution in [0.5, 0.6) is 0 Å². The molecule has 4 rings (SSSR count). The van der Waals surface area contributed by atoms with Crippen LogP contribution in [0.1, 0.15) is 49.1 Å². The number of amides is 2. The molecule has 0 unspecified atom stereocenters. The molecule has 1 fully saturated rings. The van der Waals surface area contributed by atoms with Gasteiger partial charge in [0, 0.05) is 23.3 Å². The van der Waals surface area contributed by atoms with Gasteiger partial charge in [0.05, 0.1) is 6.04 Å². The predicted molar refractivity (Wildman–Crippen MR) is 126 cm³/mol. The van der Waals surface area contributed by atoms with Crippen molar-refractivity contribution in [2.45, 2.75) is 50.6 Å². The van der Waals surface area contributed by atoms with E-state index in [0.29, 0.717) is 19.3 Å². The number of hydrogen-bond donors (Lipinski definition) is 2. The van der Waals surface area contributed by atoms with Crippen LogP contribution in [0.3, 0.4) is 0 Å². The van der Waals surface area contributed by atoms with Crippen molar-refractivity contribution < 1.29 is 9.59 Å². The minimum absolute atomic E-state index is 0.00662. The Hall–Kier alpha value is -2.92. The Morgan fingerprint density at radius 1 is 1.06 bits per heavy atom. The summed E-state index contributed by atoms with van der Waals surface area (Å²) < 4.78 is 0. The van der Waals surface area contributed by atoms with Crippen molar-refractivity contribution in [1.82, 2.24) is 10.6 Å². The van der Waals surface area contributed by atoms with Gasteiger partial charge < -0.3 is 10.6 Å². The van der Waals surface area contributed by atoms with E-state index in [2.05, 4.69) is 47.0 Å². The van der Waals surface area contributed by atoms with Crippen molar-refractivity contribution in [2.75, 3.05) is 0 Å². The van der Waals surface area contributed by atoms with E-state index in [1.807, 2.05) is 42.6 Å². The first kappa shape index (κ1) is 21.3. The SMILES string of the molecule is C[C@H](NC(=O)CC[C@@]1(Cc2ccc(-c3ccccc3)cc2)CCC(=O)N1)c1cccs1. The van der Waals surface area contributed by atoms with Crippen LogP contribution in [-0.2, 0) is 16.0 Å². The number of carbonyl (C=O) groups is 2. The first-order valence-electron chi connectivity index (χ1n) is 10.8. The molecule has 31 heavy (non-hydrogen) atoms. The zero-order valence-electron chi connectivity index (χ0n) is 17.8. The number of rotatable bonds is 8. The third-order valence-corrected chi connectivity index (χ3v) is 7.07. The highest BCUT2D eigenvalue weighted by molar-refractivity contribution is 7.10. The maximum absolute atomic E-state index is 12.6. The van der Waals surface area contributed by atoms with E-state index in [1.165, 1.54) is 16.7 Å². The number of carbonyl (C=O) groups excluding carboxylic acids is 2. The molecule has 160 valence electrons. The summed E-state index contributed by atoms with van der Waals surface area (Å²) in [7, 11) is 0. The minimum atomic E-state index is -0.352. The van der Waals surface area contributed by atoms with Crippen LogP contribution >= 0.6 is 11.3 Å². The van der Waals surface area contributed by atoms with Crippen LogP contribution in [0.2, 0.25) is 0 Å². The molecule has 4 nitrogen and oxygen atoms in total. The maximum atomic E-state index is 12.6. The summed E-state index contributed by atoms with van der Waals surface area (Å²) >= 11 is 1.65. The third-order valence-electron chi connectivity index (χ3n) is 6.02. The average molecular weight is 433 g/mol. The van der Waals surface area contributed by atoms with Crippen LogP contribution in [0.4, 0.5) is 0 Å². The van der Waals surface area contributed by atoms with Crippen molar-refractivity contribution in [2.24, 2.45) is 0 Å². The summed E-state index contributed by atoms with van der Waals surface area (Å²) in [6.07, 6.45) is 3.07. The topological polar surface area (TPSA) is 58.2 Å². The third kappa shape index (κ3) is 5.42. The smallest absolute Gasteiger partial charge is 0.220 e. The molecule has 3 aromatic rings. The van der Waals surface area contributed by atoms with E-state index in [9.17, 15) is 9.59 Å². The summed E-state index contributed by atoms with van der Waals surface area (Å²) in [5, 5.41) is 8.28. The summed E-state index contributed by atoms with van der Waals surface area (Å²) in [4.78, 5) is 25.8. The molecule has 2 heterocycles. The summed E-state index contributed by atoms with van der Waals surface area (Å²) in [5.41, 5.74) is 3.19. The second kappa shape index (κ2) is 9.48. The fourth-order valence-electron chi connectivity index (χ4n) is 4.29. The van der Waals surface area contributed by atoms with Gasteiger partial charge in [-0.05, 0) is 54.3 Å². The highest BCUT2D eigenvalue weighted by atomic mass is 32.1. The van der Waals surface area contributed by atoms with Crippen molar-refractivity contribution in [3.63, 3.8) is 0 Å². The van der Waals surface area contributed by atoms with Crippen LogP contribution in [0.25, 0.3) is 11.1 Å². The molecule has 0 saturated carbocycles. The fraction of sp³-hybridized carbons (Fsp3) is 0.308. The molecule has 1 aliphatic rings. The zero-order valence-corrected chi connectivity index (χ0v) is 18.6. The normalized spacial score (nSPS) is 19.1. The van der Waals surface area contributed by atoms with Crippen LogP contribution < -0.4 is 10.6 Å². The van der Waals surface area contributed by atoms with Gasteiger partial charge in [0.15, 0.2) is 0 Å². The van der Waals surface area contributed by atoms with Crippen molar-refractivity contribution >= 4 is 23.2 Å². The average Bonchev–Trinajstić information content (AvgIpc) is 3.44. The van der Waals surface area contributed by atoms with Gasteiger partial charge in [-0.25, -0.2) is 0 Å². The van der Waals surface area contributed by atoms with Gasteiger partial charge in [-0.15, -0.1) is 11.3 Å². The van der Waals surface area contributed by atoms with E-state index >= 15 is 0 Å². The molecule has 2 amide bonds. The molecule has 1 aliphatic heterocycles. The number of benzene rings is 2. The van der Waals surface area contributed by atoms with E-state index in [4.69, 9.17) is 0 Å². The van der Waals surface area contributed by atoms with Gasteiger partial charge in [-0.2, -0.15) is 0 Å². The lowest BCUT2D eigenvalue weighted by atomic mass is 9.84. The van der Waals surface area contributed by atoms with Gasteiger partial charge in [0.25, 0.3) is 0 Å². The van der Waals surface area contributed by atoms with Gasteiger partial charge in [0.1, 0.15) is 0 Å². The largest absolute Gasteiger partial charge is 0.350 e. The Balaban J connectivity index is 1.39. The lowest BCUT2D eigenvalue weighted by Gasteiger charge is -2.29. The first-order valence-corrected chi connectivity index (χ1v) is 11.7. The standard InChI is InChI=1S/C26H28N2O2S/c1-19(23-8-5-17-31-23)27-24(29)13-15-26(16-14-25(30)28-26)18-20-9-11-22(12-10-20)21-6-3-2-4-7-21/h2-12,17,19H,13-16,18H2,1H3,(H,27,29)(H,28,30)/t19-,26-/m0/s1. The van der Waals surface area contributed by atoms with E-state index in [-0.39, 0.29) is 23.4 Å². The maximum Gasteiger partial charge on any atom is 0.220 e. The highest BCUT2D eigenvalue weighted by Gasteiger charge is 2.37. The van der Waals surface area contributed by atoms with Gasteiger partial charge in [-0.1, -0.05) is 60.7 Å². The van der Waals surface area contributed by atoms with Crippen molar-refractivity contribution in [1.29, 1.82) is 0 Å². The molecular weight excluding hydrogens is 404 g/mol. The second-order valence-electron chi connectivity index (χ2n) is 8.37. The van der Waals surface area contributed by atoms with Crippen molar-refractivity contribution in [3.8, 4) is 11.1 Å². The Bertz CT molecular complexity index is 1020. The zero-order chi connectivity index (χ0) is 21.7. The summed E-state index contributed by atoms with van der Waals surface area (Å²) in [5.74, 6) is 0.106. The molecule has 2 atom stereocenters. The number of thiophene rings is 1. The molecule has 0 spiro atoms. The van der Waals surface area contributed by atoms with E-state index < -0.39 is 0 Å². The molecule has 1 aromatic heterocycles. The lowest BCUT2D eigenvalue weighted by Crippen LogP contribution is -2.44. The molecule has 2 aromatic carbocycles. The van der Waals surface area contributed by atoms with Gasteiger partial charge in [0.2, 0.25) is 11.8 Å². The Morgan fingerprint density at radius 2 is 1.81 bits per heavy atom. The molecular formula is C26H28N2O2S. The fourth-order valence-corrected chi connectivity index (χ4v) is 5.03. The molecule has 1 saturated heterocycles. The first-order chi connectivity index (χ1) is 15.0. The quantitative estimate of drug-likeness (QED) is 0.510.